The number of hydrogen-bond acceptors (Lipinski definition) is 9. The summed E-state index contributed by atoms with van der Waals surface area (Å²) >= 11 is 0. The first kappa shape index (κ1) is 34.5. The SMILES string of the molecule is COc1cc2c3cc1Oc1c4c(cc5c1[C@H](Cc1ccc(cc1)Oc1cc(ccc1OCCNCc1ccccc1)C[C@H]3N(C)CC2)N(C)CC5)OCO4. The van der Waals surface area contributed by atoms with Crippen LogP contribution in [0.4, 0.5) is 0 Å². The maximum absolute atomic E-state index is 7.06. The molecule has 5 aromatic rings. The van der Waals surface area contributed by atoms with E-state index < -0.39 is 0 Å². The Hall–Kier alpha value is -5.22. The van der Waals surface area contributed by atoms with Gasteiger partial charge in [0.05, 0.1) is 7.11 Å². The molecule has 1 N–H and O–H groups in total. The number of likely N-dealkylation sites (N-methyl/N-ethyl adjacent to an activating group) is 2. The molecule has 6 bridgehead atoms. The van der Waals surface area contributed by atoms with Gasteiger partial charge in [0.2, 0.25) is 12.5 Å². The summed E-state index contributed by atoms with van der Waals surface area (Å²) in [5, 5.41) is 3.49. The molecule has 278 valence electrons. The Bertz CT molecular complexity index is 2140. The molecule has 2 atom stereocenters. The van der Waals surface area contributed by atoms with E-state index in [0.717, 1.165) is 73.7 Å². The van der Waals surface area contributed by atoms with Crippen LogP contribution in [0.3, 0.4) is 0 Å². The highest BCUT2D eigenvalue weighted by atomic mass is 16.7. The number of ether oxygens (including phenoxy) is 6. The minimum atomic E-state index is 0.0543. The van der Waals surface area contributed by atoms with E-state index >= 15 is 0 Å². The van der Waals surface area contributed by atoms with Gasteiger partial charge in [-0.25, -0.2) is 0 Å². The predicted octanol–water partition coefficient (Wildman–Crippen LogP) is 8.03. The Morgan fingerprint density at radius 2 is 1.46 bits per heavy atom. The van der Waals surface area contributed by atoms with E-state index in [2.05, 4.69) is 114 Å². The summed E-state index contributed by atoms with van der Waals surface area (Å²) in [6, 6.07) is 31.9. The predicted molar refractivity (Wildman–Crippen MR) is 208 cm³/mol. The average molecular weight is 726 g/mol. The molecule has 5 heterocycles. The van der Waals surface area contributed by atoms with Crippen molar-refractivity contribution in [2.45, 2.75) is 44.3 Å². The Balaban J connectivity index is 1.10. The molecule has 0 radical (unpaired) electrons. The van der Waals surface area contributed by atoms with Gasteiger partial charge in [-0.2, -0.15) is 0 Å². The van der Waals surface area contributed by atoms with Crippen molar-refractivity contribution in [1.29, 1.82) is 0 Å². The topological polar surface area (TPSA) is 73.9 Å². The number of methoxy groups -OCH3 is 1. The zero-order chi connectivity index (χ0) is 36.6. The highest BCUT2D eigenvalue weighted by Gasteiger charge is 2.36. The summed E-state index contributed by atoms with van der Waals surface area (Å²) in [5.41, 5.74) is 8.47. The Kier molecular flexibility index (Phi) is 9.53. The summed E-state index contributed by atoms with van der Waals surface area (Å²) in [6.45, 7) is 4.06. The lowest BCUT2D eigenvalue weighted by atomic mass is 9.87. The second kappa shape index (κ2) is 14.9. The Labute approximate surface area is 317 Å². The van der Waals surface area contributed by atoms with Crippen molar-refractivity contribution in [3.05, 3.63) is 130 Å². The maximum atomic E-state index is 7.06. The summed E-state index contributed by atoms with van der Waals surface area (Å²) in [7, 11) is 6.11. The van der Waals surface area contributed by atoms with Crippen LogP contribution < -0.4 is 33.7 Å². The zero-order valence-electron chi connectivity index (χ0n) is 31.2. The van der Waals surface area contributed by atoms with Crippen molar-refractivity contribution in [1.82, 2.24) is 15.1 Å². The molecule has 0 amide bonds. The highest BCUT2D eigenvalue weighted by molar-refractivity contribution is 5.64. The average Bonchev–Trinajstić information content (AvgIpc) is 3.67. The van der Waals surface area contributed by atoms with E-state index in [1.165, 1.54) is 27.8 Å². The van der Waals surface area contributed by atoms with E-state index in [1.807, 2.05) is 6.07 Å². The van der Waals surface area contributed by atoms with E-state index in [4.69, 9.17) is 28.4 Å². The minimum absolute atomic E-state index is 0.0543. The summed E-state index contributed by atoms with van der Waals surface area (Å²) < 4.78 is 38.2. The van der Waals surface area contributed by atoms with Crippen LogP contribution in [0.5, 0.6) is 46.0 Å². The molecule has 0 fully saturated rings. The zero-order valence-corrected chi connectivity index (χ0v) is 31.2. The molecule has 5 aromatic carbocycles. The van der Waals surface area contributed by atoms with Crippen LogP contribution in [0.15, 0.2) is 91.0 Å². The number of hydrogen-bond donors (Lipinski definition) is 1. The van der Waals surface area contributed by atoms with Crippen molar-refractivity contribution in [2.24, 2.45) is 0 Å². The molecule has 0 spiro atoms. The highest BCUT2D eigenvalue weighted by Crippen LogP contribution is 2.53. The molecule has 0 aliphatic carbocycles. The van der Waals surface area contributed by atoms with Gasteiger partial charge in [0, 0.05) is 43.8 Å². The smallest absolute Gasteiger partial charge is 0.231 e. The number of nitrogens with zero attached hydrogens (tertiary/aromatic N) is 2. The van der Waals surface area contributed by atoms with E-state index in [0.29, 0.717) is 41.9 Å². The molecule has 0 saturated carbocycles. The fourth-order valence-corrected chi connectivity index (χ4v) is 8.34. The van der Waals surface area contributed by atoms with Crippen LogP contribution in [0.2, 0.25) is 0 Å². The van der Waals surface area contributed by atoms with E-state index in [-0.39, 0.29) is 18.9 Å². The fraction of sp³-hybridized carbons (Fsp3) is 0.333. The molecule has 9 heteroatoms. The first-order valence-corrected chi connectivity index (χ1v) is 19.0. The molecule has 0 saturated heterocycles. The van der Waals surface area contributed by atoms with Crippen LogP contribution in [-0.4, -0.2) is 64.0 Å². The second-order valence-corrected chi connectivity index (χ2v) is 14.8. The van der Waals surface area contributed by atoms with Gasteiger partial charge in [-0.05, 0) is 116 Å². The molecule has 10 rings (SSSR count). The van der Waals surface area contributed by atoms with Crippen molar-refractivity contribution < 1.29 is 28.4 Å². The van der Waals surface area contributed by atoms with Gasteiger partial charge in [0.15, 0.2) is 34.5 Å². The van der Waals surface area contributed by atoms with Crippen LogP contribution in [0, 0.1) is 0 Å². The Morgan fingerprint density at radius 1 is 0.704 bits per heavy atom. The van der Waals surface area contributed by atoms with Gasteiger partial charge >= 0.3 is 0 Å². The molecule has 5 aliphatic rings. The molecule has 9 nitrogen and oxygen atoms in total. The van der Waals surface area contributed by atoms with Crippen LogP contribution in [0.1, 0.15) is 51.0 Å². The van der Waals surface area contributed by atoms with Gasteiger partial charge < -0.3 is 33.7 Å². The second-order valence-electron chi connectivity index (χ2n) is 14.8. The Morgan fingerprint density at radius 3 is 2.30 bits per heavy atom. The number of benzene rings is 5. The van der Waals surface area contributed by atoms with Crippen molar-refractivity contribution in [3.63, 3.8) is 0 Å². The third-order valence-electron chi connectivity index (χ3n) is 11.3. The van der Waals surface area contributed by atoms with E-state index in [1.54, 1.807) is 7.11 Å². The van der Waals surface area contributed by atoms with Crippen molar-refractivity contribution in [2.75, 3.05) is 54.2 Å². The lowest BCUT2D eigenvalue weighted by Gasteiger charge is -2.37. The van der Waals surface area contributed by atoms with Crippen molar-refractivity contribution >= 4 is 0 Å². The molecule has 0 aromatic heterocycles. The van der Waals surface area contributed by atoms with Gasteiger partial charge in [-0.15, -0.1) is 0 Å². The third kappa shape index (κ3) is 6.83. The first-order valence-electron chi connectivity index (χ1n) is 19.0. The number of rotatable bonds is 7. The summed E-state index contributed by atoms with van der Waals surface area (Å²) in [5.74, 6) is 5.70. The van der Waals surface area contributed by atoms with Crippen LogP contribution in [-0.2, 0) is 32.2 Å². The molecular formula is C45H47N3O6. The van der Waals surface area contributed by atoms with Gasteiger partial charge in [0.1, 0.15) is 12.4 Å². The monoisotopic (exact) mass is 725 g/mol. The molecular weight excluding hydrogens is 679 g/mol. The first-order chi connectivity index (χ1) is 26.5. The van der Waals surface area contributed by atoms with Gasteiger partial charge in [-0.3, -0.25) is 9.80 Å². The maximum Gasteiger partial charge on any atom is 0.231 e. The van der Waals surface area contributed by atoms with Gasteiger partial charge in [-0.1, -0.05) is 48.5 Å². The standard InChI is InChI=1S/C45H47N3O6/c1-47-18-15-32-24-39(49-3)41-26-35(32)36(47)22-31-11-14-38(50-20-17-46-27-30-7-5-4-6-8-30)40(23-31)53-34-12-9-29(10-13-34)21-37-43-33(16-19-48(37)2)25-42-44(45(43)54-41)52-28-51-42/h4-14,23-26,36-37,46H,15-22,27-28H2,1-3H3/t36-,37+/m1/s1. The molecule has 0 unspecified atom stereocenters. The molecule has 5 aliphatic heterocycles. The fourth-order valence-electron chi connectivity index (χ4n) is 8.34. The third-order valence-corrected chi connectivity index (χ3v) is 11.3. The largest absolute Gasteiger partial charge is 0.493 e. The summed E-state index contributed by atoms with van der Waals surface area (Å²) in [6.07, 6.45) is 3.38. The quantitative estimate of drug-likeness (QED) is 0.168. The van der Waals surface area contributed by atoms with Crippen LogP contribution in [0.25, 0.3) is 0 Å². The van der Waals surface area contributed by atoms with Crippen molar-refractivity contribution in [3.8, 4) is 46.0 Å². The van der Waals surface area contributed by atoms with Crippen LogP contribution >= 0.6 is 0 Å². The lowest BCUT2D eigenvalue weighted by Crippen LogP contribution is -2.34. The van der Waals surface area contributed by atoms with Gasteiger partial charge in [0.25, 0.3) is 0 Å². The van der Waals surface area contributed by atoms with E-state index in [9.17, 15) is 0 Å². The summed E-state index contributed by atoms with van der Waals surface area (Å²) in [4.78, 5) is 4.85. The lowest BCUT2D eigenvalue weighted by molar-refractivity contribution is 0.171. The minimum Gasteiger partial charge on any atom is -0.493 e. The molecule has 54 heavy (non-hydrogen) atoms. The normalized spacial score (nSPS) is 18.9. The number of nitrogens with one attached hydrogen (secondary N) is 1. The number of fused-ring (bicyclic) bond motifs is 3.